The van der Waals surface area contributed by atoms with Crippen LogP contribution in [0.25, 0.3) is 5.65 Å². The van der Waals surface area contributed by atoms with Gasteiger partial charge in [-0.2, -0.15) is 0 Å². The minimum atomic E-state index is -0.293. The number of Topliss-reactive ketones (excluding diaryl/α,β-unsaturated/α-hetero) is 1. The van der Waals surface area contributed by atoms with Crippen LogP contribution >= 0.6 is 0 Å². The SMILES string of the molecule is CCCc1ccc(C(=O)CCC(=O)NC(C)c2nnc3ccccn23)cc1. The third-order valence-corrected chi connectivity index (χ3v) is 4.50. The second kappa shape index (κ2) is 8.58. The number of carbonyl (C=O) groups excluding carboxylic acids is 2. The first-order chi connectivity index (χ1) is 13.1. The molecule has 6 nitrogen and oxygen atoms in total. The van der Waals surface area contributed by atoms with E-state index in [1.807, 2.05) is 60.0 Å². The summed E-state index contributed by atoms with van der Waals surface area (Å²) in [6.07, 6.45) is 4.28. The Hall–Kier alpha value is -3.02. The lowest BCUT2D eigenvalue weighted by atomic mass is 10.0. The van der Waals surface area contributed by atoms with Crippen LogP contribution in [0.3, 0.4) is 0 Å². The van der Waals surface area contributed by atoms with E-state index in [0.717, 1.165) is 18.5 Å². The van der Waals surface area contributed by atoms with Crippen LogP contribution in [0, 0.1) is 0 Å². The standard InChI is InChI=1S/C21H24N4O2/c1-3-6-16-8-10-17(11-9-16)18(26)12-13-20(27)22-15(2)21-24-23-19-7-4-5-14-25(19)21/h4-5,7-11,14-15H,3,6,12-13H2,1-2H3,(H,22,27). The van der Waals surface area contributed by atoms with E-state index in [1.54, 1.807) is 0 Å². The van der Waals surface area contributed by atoms with E-state index in [9.17, 15) is 9.59 Å². The number of aromatic nitrogens is 3. The molecule has 1 aromatic carbocycles. The van der Waals surface area contributed by atoms with Gasteiger partial charge in [-0.05, 0) is 31.0 Å². The highest BCUT2D eigenvalue weighted by Gasteiger charge is 2.16. The second-order valence-electron chi connectivity index (χ2n) is 6.65. The van der Waals surface area contributed by atoms with Crippen LogP contribution in [0.4, 0.5) is 0 Å². The number of pyridine rings is 1. The molecule has 6 heteroatoms. The van der Waals surface area contributed by atoms with Crippen molar-refractivity contribution in [2.75, 3.05) is 0 Å². The first-order valence-electron chi connectivity index (χ1n) is 9.29. The third-order valence-electron chi connectivity index (χ3n) is 4.50. The number of nitrogens with one attached hydrogen (secondary N) is 1. The summed E-state index contributed by atoms with van der Waals surface area (Å²) in [5.74, 6) is 0.469. The molecule has 1 amide bonds. The van der Waals surface area contributed by atoms with Gasteiger partial charge in [-0.25, -0.2) is 0 Å². The molecule has 1 atom stereocenters. The summed E-state index contributed by atoms with van der Waals surface area (Å²) >= 11 is 0. The topological polar surface area (TPSA) is 76.4 Å². The zero-order valence-corrected chi connectivity index (χ0v) is 15.7. The summed E-state index contributed by atoms with van der Waals surface area (Å²) in [6.45, 7) is 3.98. The van der Waals surface area contributed by atoms with Crippen LogP contribution in [0.1, 0.15) is 60.9 Å². The highest BCUT2D eigenvalue weighted by Crippen LogP contribution is 2.13. The molecule has 0 aliphatic heterocycles. The van der Waals surface area contributed by atoms with Crippen molar-refractivity contribution in [3.8, 4) is 0 Å². The Morgan fingerprint density at radius 2 is 1.85 bits per heavy atom. The lowest BCUT2D eigenvalue weighted by Crippen LogP contribution is -2.28. The van der Waals surface area contributed by atoms with Crippen molar-refractivity contribution in [1.29, 1.82) is 0 Å². The van der Waals surface area contributed by atoms with Crippen LogP contribution in [-0.2, 0) is 11.2 Å². The van der Waals surface area contributed by atoms with E-state index < -0.39 is 0 Å². The first-order valence-corrected chi connectivity index (χ1v) is 9.29. The van der Waals surface area contributed by atoms with Gasteiger partial charge in [-0.15, -0.1) is 10.2 Å². The fourth-order valence-electron chi connectivity index (χ4n) is 3.05. The van der Waals surface area contributed by atoms with Crippen molar-refractivity contribution in [1.82, 2.24) is 19.9 Å². The molecule has 0 fully saturated rings. The predicted molar refractivity (Wildman–Crippen MR) is 104 cm³/mol. The summed E-state index contributed by atoms with van der Waals surface area (Å²) in [5, 5.41) is 11.1. The Bertz CT molecular complexity index is 931. The van der Waals surface area contributed by atoms with Crippen molar-refractivity contribution in [2.24, 2.45) is 0 Å². The van der Waals surface area contributed by atoms with Crippen molar-refractivity contribution < 1.29 is 9.59 Å². The molecule has 0 aliphatic carbocycles. The predicted octanol–water partition coefficient (Wildman–Crippen LogP) is 3.52. The molecule has 0 radical (unpaired) electrons. The van der Waals surface area contributed by atoms with E-state index in [-0.39, 0.29) is 30.6 Å². The number of hydrogen-bond donors (Lipinski definition) is 1. The number of aryl methyl sites for hydroxylation is 1. The maximum absolute atomic E-state index is 12.3. The van der Waals surface area contributed by atoms with Gasteiger partial charge in [0, 0.05) is 24.6 Å². The van der Waals surface area contributed by atoms with Gasteiger partial charge in [-0.1, -0.05) is 43.7 Å². The number of hydrogen-bond acceptors (Lipinski definition) is 4. The van der Waals surface area contributed by atoms with Gasteiger partial charge in [0.05, 0.1) is 6.04 Å². The molecule has 0 saturated carbocycles. The van der Waals surface area contributed by atoms with Crippen LogP contribution < -0.4 is 5.32 Å². The smallest absolute Gasteiger partial charge is 0.221 e. The Labute approximate surface area is 158 Å². The Kier molecular flexibility index (Phi) is 5.96. The molecule has 0 bridgehead atoms. The van der Waals surface area contributed by atoms with Gasteiger partial charge < -0.3 is 5.32 Å². The lowest BCUT2D eigenvalue weighted by Gasteiger charge is -2.12. The summed E-state index contributed by atoms with van der Waals surface area (Å²) in [4.78, 5) is 24.5. The average molecular weight is 364 g/mol. The van der Waals surface area contributed by atoms with Gasteiger partial charge >= 0.3 is 0 Å². The van der Waals surface area contributed by atoms with Gasteiger partial charge in [0.25, 0.3) is 0 Å². The van der Waals surface area contributed by atoms with E-state index >= 15 is 0 Å². The molecule has 2 aromatic heterocycles. The second-order valence-corrected chi connectivity index (χ2v) is 6.65. The molecule has 0 aliphatic rings. The molecular weight excluding hydrogens is 340 g/mol. The van der Waals surface area contributed by atoms with Crippen molar-refractivity contribution in [3.05, 3.63) is 65.6 Å². The summed E-state index contributed by atoms with van der Waals surface area (Å²) in [6, 6.07) is 13.0. The molecule has 0 spiro atoms. The van der Waals surface area contributed by atoms with Gasteiger partial charge in [-0.3, -0.25) is 14.0 Å². The molecule has 1 unspecified atom stereocenters. The molecule has 2 heterocycles. The summed E-state index contributed by atoms with van der Waals surface area (Å²) in [5.41, 5.74) is 2.61. The quantitative estimate of drug-likeness (QED) is 0.621. The molecule has 0 saturated heterocycles. The Balaban J connectivity index is 1.53. The van der Waals surface area contributed by atoms with Crippen LogP contribution in [-0.4, -0.2) is 26.3 Å². The monoisotopic (exact) mass is 364 g/mol. The number of carbonyl (C=O) groups is 2. The van der Waals surface area contributed by atoms with Crippen molar-refractivity contribution >= 4 is 17.3 Å². The largest absolute Gasteiger partial charge is 0.346 e. The molecule has 27 heavy (non-hydrogen) atoms. The lowest BCUT2D eigenvalue weighted by molar-refractivity contribution is -0.121. The highest BCUT2D eigenvalue weighted by atomic mass is 16.2. The summed E-state index contributed by atoms with van der Waals surface area (Å²) < 4.78 is 1.84. The van der Waals surface area contributed by atoms with Gasteiger partial charge in [0.15, 0.2) is 17.3 Å². The van der Waals surface area contributed by atoms with E-state index in [2.05, 4.69) is 22.4 Å². The molecule has 3 rings (SSSR count). The maximum atomic E-state index is 12.3. The number of ketones is 1. The number of fused-ring (bicyclic) bond motifs is 1. The Morgan fingerprint density at radius 1 is 1.07 bits per heavy atom. The number of benzene rings is 1. The van der Waals surface area contributed by atoms with Crippen molar-refractivity contribution in [3.63, 3.8) is 0 Å². The molecule has 140 valence electrons. The normalized spacial score (nSPS) is 12.1. The van der Waals surface area contributed by atoms with Crippen LogP contribution in [0.5, 0.6) is 0 Å². The third kappa shape index (κ3) is 4.58. The number of amides is 1. The van der Waals surface area contributed by atoms with Gasteiger partial charge in [0.1, 0.15) is 0 Å². The maximum Gasteiger partial charge on any atom is 0.221 e. The van der Waals surface area contributed by atoms with Crippen LogP contribution in [0.15, 0.2) is 48.7 Å². The molecule has 3 aromatic rings. The zero-order valence-electron chi connectivity index (χ0n) is 15.7. The number of rotatable bonds is 8. The average Bonchev–Trinajstić information content (AvgIpc) is 3.11. The molecule has 1 N–H and O–H groups in total. The minimum Gasteiger partial charge on any atom is -0.346 e. The summed E-state index contributed by atoms with van der Waals surface area (Å²) in [7, 11) is 0. The fraction of sp³-hybridized carbons (Fsp3) is 0.333. The van der Waals surface area contributed by atoms with Gasteiger partial charge in [0.2, 0.25) is 5.91 Å². The van der Waals surface area contributed by atoms with Crippen molar-refractivity contribution in [2.45, 2.75) is 45.6 Å². The van der Waals surface area contributed by atoms with E-state index in [0.29, 0.717) is 11.4 Å². The zero-order chi connectivity index (χ0) is 19.2. The van der Waals surface area contributed by atoms with E-state index in [1.165, 1.54) is 5.56 Å². The minimum absolute atomic E-state index is 0.0196. The van der Waals surface area contributed by atoms with E-state index in [4.69, 9.17) is 0 Å². The van der Waals surface area contributed by atoms with Crippen LogP contribution in [0.2, 0.25) is 0 Å². The Morgan fingerprint density at radius 3 is 2.59 bits per heavy atom. The highest BCUT2D eigenvalue weighted by molar-refractivity contribution is 5.98. The fourth-order valence-corrected chi connectivity index (χ4v) is 3.05. The molecular formula is C21H24N4O2. The first kappa shape index (κ1) is 18.8. The number of nitrogens with zero attached hydrogens (tertiary/aromatic N) is 3.